The molecule has 0 aliphatic heterocycles. The lowest BCUT2D eigenvalue weighted by atomic mass is 9.82. The number of benzene rings is 2. The molecule has 19 heavy (non-hydrogen) atoms. The summed E-state index contributed by atoms with van der Waals surface area (Å²) in [4.78, 5) is 0. The Morgan fingerprint density at radius 3 is 1.47 bits per heavy atom. The van der Waals surface area contributed by atoms with E-state index in [2.05, 4.69) is 82.1 Å². The second-order valence-electron chi connectivity index (χ2n) is 5.00. The highest BCUT2D eigenvalue weighted by molar-refractivity contribution is 9.10. The average molecular weight is 382 g/mol. The summed E-state index contributed by atoms with van der Waals surface area (Å²) in [5, 5.41) is 0. The van der Waals surface area contributed by atoms with E-state index in [1.807, 2.05) is 13.8 Å². The van der Waals surface area contributed by atoms with Crippen LogP contribution in [0, 0.1) is 0 Å². The Hall–Kier alpha value is -0.600. The van der Waals surface area contributed by atoms with Gasteiger partial charge >= 0.3 is 0 Å². The summed E-state index contributed by atoms with van der Waals surface area (Å²) in [6, 6.07) is 13.1. The smallest absolute Gasteiger partial charge is 0.0178 e. The van der Waals surface area contributed by atoms with Crippen molar-refractivity contribution in [2.24, 2.45) is 0 Å². The fraction of sp³-hybridized carbons (Fsp3) is 0.294. The van der Waals surface area contributed by atoms with Crippen molar-refractivity contribution in [3.8, 4) is 11.1 Å². The molecule has 0 fully saturated rings. The highest BCUT2D eigenvalue weighted by Gasteiger charge is 2.35. The lowest BCUT2D eigenvalue weighted by Gasteiger charge is -2.21. The van der Waals surface area contributed by atoms with Gasteiger partial charge < -0.3 is 0 Å². The molecule has 0 saturated carbocycles. The standard InChI is InChI=1S/C15H12Br2.C2H6/c1-15(2)13-7-9(16)3-5-11(13)12-6-4-10(17)8-14(12)15;1-2/h3-8H,1-2H3;1-2H3. The Morgan fingerprint density at radius 2 is 1.11 bits per heavy atom. The quantitative estimate of drug-likeness (QED) is 0.485. The van der Waals surface area contributed by atoms with Crippen molar-refractivity contribution >= 4 is 31.9 Å². The van der Waals surface area contributed by atoms with E-state index in [0.717, 1.165) is 8.95 Å². The third-order valence-electron chi connectivity index (χ3n) is 3.60. The van der Waals surface area contributed by atoms with Crippen molar-refractivity contribution in [3.63, 3.8) is 0 Å². The molecule has 0 unspecified atom stereocenters. The van der Waals surface area contributed by atoms with Gasteiger partial charge in [0.25, 0.3) is 0 Å². The van der Waals surface area contributed by atoms with Gasteiger partial charge in [-0.1, -0.05) is 71.7 Å². The van der Waals surface area contributed by atoms with Gasteiger partial charge in [-0.3, -0.25) is 0 Å². The van der Waals surface area contributed by atoms with Crippen molar-refractivity contribution in [3.05, 3.63) is 56.5 Å². The molecule has 1 aliphatic carbocycles. The second kappa shape index (κ2) is 5.41. The molecular weight excluding hydrogens is 364 g/mol. The molecule has 0 heterocycles. The Morgan fingerprint density at radius 1 is 0.737 bits per heavy atom. The second-order valence-corrected chi connectivity index (χ2v) is 6.84. The minimum atomic E-state index is 0.0816. The lowest BCUT2D eigenvalue weighted by molar-refractivity contribution is 0.659. The lowest BCUT2D eigenvalue weighted by Crippen LogP contribution is -2.14. The minimum Gasteiger partial charge on any atom is -0.0683 e. The monoisotopic (exact) mass is 380 g/mol. The van der Waals surface area contributed by atoms with Gasteiger partial charge in [0.05, 0.1) is 0 Å². The maximum atomic E-state index is 3.57. The number of hydrogen-bond donors (Lipinski definition) is 0. The molecule has 0 amide bonds. The molecule has 0 bridgehead atoms. The molecule has 2 aromatic rings. The van der Waals surface area contributed by atoms with Crippen LogP contribution in [0.5, 0.6) is 0 Å². The largest absolute Gasteiger partial charge is 0.0683 e. The molecule has 1 aliphatic rings. The zero-order valence-corrected chi connectivity index (χ0v) is 14.9. The van der Waals surface area contributed by atoms with Crippen molar-refractivity contribution in [2.45, 2.75) is 33.1 Å². The van der Waals surface area contributed by atoms with Crippen LogP contribution in [0.4, 0.5) is 0 Å². The first-order valence-electron chi connectivity index (χ1n) is 6.60. The van der Waals surface area contributed by atoms with Gasteiger partial charge in [-0.2, -0.15) is 0 Å². The Bertz CT molecular complexity index is 559. The van der Waals surface area contributed by atoms with Crippen molar-refractivity contribution in [1.29, 1.82) is 0 Å². The normalized spacial score (nSPS) is 14.2. The van der Waals surface area contributed by atoms with Gasteiger partial charge in [0, 0.05) is 14.4 Å². The van der Waals surface area contributed by atoms with Crippen LogP contribution in [0.1, 0.15) is 38.8 Å². The number of fused-ring (bicyclic) bond motifs is 3. The Balaban J connectivity index is 0.000000637. The van der Waals surface area contributed by atoms with Crippen molar-refractivity contribution in [2.75, 3.05) is 0 Å². The van der Waals surface area contributed by atoms with Crippen LogP contribution in [-0.4, -0.2) is 0 Å². The zero-order chi connectivity index (χ0) is 14.2. The van der Waals surface area contributed by atoms with E-state index in [9.17, 15) is 0 Å². The first kappa shape index (κ1) is 14.8. The topological polar surface area (TPSA) is 0 Å². The van der Waals surface area contributed by atoms with Gasteiger partial charge in [-0.05, 0) is 46.5 Å². The van der Waals surface area contributed by atoms with E-state index in [-0.39, 0.29) is 5.41 Å². The van der Waals surface area contributed by atoms with Gasteiger partial charge in [0.2, 0.25) is 0 Å². The van der Waals surface area contributed by atoms with E-state index in [1.165, 1.54) is 22.3 Å². The van der Waals surface area contributed by atoms with Crippen LogP contribution in [0.25, 0.3) is 11.1 Å². The van der Waals surface area contributed by atoms with Gasteiger partial charge in [-0.15, -0.1) is 0 Å². The highest BCUT2D eigenvalue weighted by atomic mass is 79.9. The maximum Gasteiger partial charge on any atom is 0.0178 e. The fourth-order valence-electron chi connectivity index (χ4n) is 2.68. The molecule has 0 atom stereocenters. The number of hydrogen-bond acceptors (Lipinski definition) is 0. The zero-order valence-electron chi connectivity index (χ0n) is 11.7. The van der Waals surface area contributed by atoms with Crippen LogP contribution in [0.15, 0.2) is 45.3 Å². The van der Waals surface area contributed by atoms with Crippen LogP contribution in [0.2, 0.25) is 0 Å². The summed E-state index contributed by atoms with van der Waals surface area (Å²) in [5.41, 5.74) is 5.61. The molecule has 0 radical (unpaired) electrons. The SMILES string of the molecule is CC.CC1(C)c2cc(Br)ccc2-c2ccc(Br)cc21. The van der Waals surface area contributed by atoms with E-state index in [0.29, 0.717) is 0 Å². The molecule has 0 aromatic heterocycles. The van der Waals surface area contributed by atoms with Gasteiger partial charge in [0.15, 0.2) is 0 Å². The minimum absolute atomic E-state index is 0.0816. The molecule has 0 saturated heterocycles. The highest BCUT2D eigenvalue weighted by Crippen LogP contribution is 2.49. The maximum absolute atomic E-state index is 3.57. The third kappa shape index (κ3) is 2.41. The van der Waals surface area contributed by atoms with Crippen LogP contribution < -0.4 is 0 Å². The average Bonchev–Trinajstić information content (AvgIpc) is 2.61. The van der Waals surface area contributed by atoms with Crippen LogP contribution in [0.3, 0.4) is 0 Å². The molecule has 0 N–H and O–H groups in total. The predicted molar refractivity (Wildman–Crippen MR) is 90.8 cm³/mol. The molecule has 100 valence electrons. The fourth-order valence-corrected chi connectivity index (χ4v) is 3.40. The first-order chi connectivity index (χ1) is 9.00. The first-order valence-corrected chi connectivity index (χ1v) is 8.19. The van der Waals surface area contributed by atoms with E-state index in [4.69, 9.17) is 0 Å². The molecule has 3 rings (SSSR count). The molecule has 0 spiro atoms. The van der Waals surface area contributed by atoms with E-state index >= 15 is 0 Å². The summed E-state index contributed by atoms with van der Waals surface area (Å²) >= 11 is 7.13. The van der Waals surface area contributed by atoms with Crippen LogP contribution >= 0.6 is 31.9 Å². The third-order valence-corrected chi connectivity index (χ3v) is 4.59. The predicted octanol–water partition coefficient (Wildman–Crippen LogP) is 6.54. The Labute approximate surface area is 132 Å². The summed E-state index contributed by atoms with van der Waals surface area (Å²) in [6.45, 7) is 8.58. The van der Waals surface area contributed by atoms with Gasteiger partial charge in [-0.25, -0.2) is 0 Å². The van der Waals surface area contributed by atoms with Crippen LogP contribution in [-0.2, 0) is 5.41 Å². The summed E-state index contributed by atoms with van der Waals surface area (Å²) < 4.78 is 2.30. The summed E-state index contributed by atoms with van der Waals surface area (Å²) in [6.07, 6.45) is 0. The Kier molecular flexibility index (Phi) is 4.22. The molecule has 2 aromatic carbocycles. The van der Waals surface area contributed by atoms with E-state index < -0.39 is 0 Å². The number of halogens is 2. The molecule has 2 heteroatoms. The van der Waals surface area contributed by atoms with Crippen molar-refractivity contribution in [1.82, 2.24) is 0 Å². The number of rotatable bonds is 0. The summed E-state index contributed by atoms with van der Waals surface area (Å²) in [5.74, 6) is 0. The summed E-state index contributed by atoms with van der Waals surface area (Å²) in [7, 11) is 0. The molecular formula is C17H18Br2. The van der Waals surface area contributed by atoms with Gasteiger partial charge in [0.1, 0.15) is 0 Å². The molecule has 0 nitrogen and oxygen atoms in total. The van der Waals surface area contributed by atoms with Crippen molar-refractivity contribution < 1.29 is 0 Å². The van der Waals surface area contributed by atoms with E-state index in [1.54, 1.807) is 0 Å².